The van der Waals surface area contributed by atoms with E-state index in [-0.39, 0.29) is 32.0 Å². The van der Waals surface area contributed by atoms with Crippen molar-refractivity contribution in [2.45, 2.75) is 13.3 Å². The fourth-order valence-electron chi connectivity index (χ4n) is 1.30. The number of aliphatic carboxylic acids is 1. The van der Waals surface area contributed by atoms with Crippen molar-refractivity contribution >= 4 is 30.3 Å². The first-order valence-electron chi connectivity index (χ1n) is 5.62. The Morgan fingerprint density at radius 3 is 2.42 bits per heavy atom. The van der Waals surface area contributed by atoms with E-state index in [0.29, 0.717) is 6.54 Å². The van der Waals surface area contributed by atoms with E-state index in [9.17, 15) is 14.4 Å². The highest BCUT2D eigenvalue weighted by Crippen LogP contribution is 1.91. The van der Waals surface area contributed by atoms with Gasteiger partial charge in [-0.2, -0.15) is 0 Å². The summed E-state index contributed by atoms with van der Waals surface area (Å²) in [6, 6.07) is -0.619. The maximum absolute atomic E-state index is 11.5. The number of nitrogens with zero attached hydrogens (tertiary/aromatic N) is 1. The number of hydrogen-bond donors (Lipinski definition) is 3. The van der Waals surface area contributed by atoms with Crippen LogP contribution in [-0.4, -0.2) is 54.1 Å². The Morgan fingerprint density at radius 1 is 1.32 bits per heavy atom. The predicted octanol–water partition coefficient (Wildman–Crippen LogP) is 0.217. The van der Waals surface area contributed by atoms with Crippen LogP contribution in [0.2, 0.25) is 0 Å². The minimum Gasteiger partial charge on any atom is -0.480 e. The molecule has 0 spiro atoms. The van der Waals surface area contributed by atoms with Crippen molar-refractivity contribution in [2.75, 3.05) is 26.2 Å². The van der Waals surface area contributed by atoms with Crippen LogP contribution in [-0.2, 0) is 9.59 Å². The molecule has 7 nitrogen and oxygen atoms in total. The van der Waals surface area contributed by atoms with E-state index in [1.165, 1.54) is 11.0 Å². The largest absolute Gasteiger partial charge is 0.480 e. The minimum atomic E-state index is -1.01. The Morgan fingerprint density at radius 2 is 1.95 bits per heavy atom. The van der Waals surface area contributed by atoms with Gasteiger partial charge < -0.3 is 10.4 Å². The van der Waals surface area contributed by atoms with Gasteiger partial charge in [-0.25, -0.2) is 4.79 Å². The third kappa shape index (κ3) is 11.2. The van der Waals surface area contributed by atoms with Crippen molar-refractivity contribution in [3.05, 3.63) is 12.7 Å². The Balaban J connectivity index is 0. The normalized spacial score (nSPS) is 9.37. The molecule has 0 radical (unpaired) electrons. The summed E-state index contributed by atoms with van der Waals surface area (Å²) in [5.74, 6) is -1.54. The molecule has 0 aliphatic rings. The van der Waals surface area contributed by atoms with Crippen LogP contribution in [0.25, 0.3) is 0 Å². The van der Waals surface area contributed by atoms with Crippen molar-refractivity contribution in [1.82, 2.24) is 15.5 Å². The van der Waals surface area contributed by atoms with Gasteiger partial charge in [0.1, 0.15) is 0 Å². The van der Waals surface area contributed by atoms with Gasteiger partial charge in [0, 0.05) is 6.54 Å². The lowest BCUT2D eigenvalue weighted by atomic mass is 10.4. The summed E-state index contributed by atoms with van der Waals surface area (Å²) in [7, 11) is 0. The molecule has 0 saturated heterocycles. The minimum absolute atomic E-state index is 0. The van der Waals surface area contributed by atoms with E-state index in [2.05, 4.69) is 17.2 Å². The fourth-order valence-corrected chi connectivity index (χ4v) is 1.30. The zero-order chi connectivity index (χ0) is 14.0. The summed E-state index contributed by atoms with van der Waals surface area (Å²) in [5.41, 5.74) is 0. The van der Waals surface area contributed by atoms with Crippen LogP contribution in [0.5, 0.6) is 0 Å². The van der Waals surface area contributed by atoms with E-state index in [1.807, 2.05) is 6.92 Å². The van der Waals surface area contributed by atoms with Gasteiger partial charge in [-0.3, -0.25) is 19.8 Å². The van der Waals surface area contributed by atoms with Crippen LogP contribution in [0.1, 0.15) is 13.3 Å². The number of amides is 3. The smallest absolute Gasteiger partial charge is 0.321 e. The number of carbonyl (C=O) groups excluding carboxylic acids is 2. The Kier molecular flexibility index (Phi) is 11.9. The summed E-state index contributed by atoms with van der Waals surface area (Å²) < 4.78 is 0. The summed E-state index contributed by atoms with van der Waals surface area (Å²) in [4.78, 5) is 34.6. The lowest BCUT2D eigenvalue weighted by molar-refractivity contribution is -0.138. The number of nitrogens with one attached hydrogen (secondary N) is 2. The van der Waals surface area contributed by atoms with E-state index >= 15 is 0 Å². The van der Waals surface area contributed by atoms with Gasteiger partial charge in [0.25, 0.3) is 0 Å². The van der Waals surface area contributed by atoms with Gasteiger partial charge in [-0.15, -0.1) is 19.0 Å². The topological polar surface area (TPSA) is 98.7 Å². The Labute approximate surface area is 118 Å². The summed E-state index contributed by atoms with van der Waals surface area (Å²) >= 11 is 0. The third-order valence-electron chi connectivity index (χ3n) is 1.93. The van der Waals surface area contributed by atoms with Gasteiger partial charge in [0.05, 0.1) is 13.1 Å². The molecule has 3 N–H and O–H groups in total. The van der Waals surface area contributed by atoms with Crippen molar-refractivity contribution in [3.63, 3.8) is 0 Å². The molecule has 0 aromatic rings. The second kappa shape index (κ2) is 11.5. The first-order valence-corrected chi connectivity index (χ1v) is 5.62. The number of carboxylic acid groups (broad SMARTS) is 1. The summed E-state index contributed by atoms with van der Waals surface area (Å²) in [6.45, 7) is 5.68. The van der Waals surface area contributed by atoms with Crippen LogP contribution in [0, 0.1) is 0 Å². The molecule has 3 amide bonds. The molecular formula is C11H20ClN3O4. The van der Waals surface area contributed by atoms with Crippen molar-refractivity contribution < 1.29 is 19.5 Å². The zero-order valence-electron chi connectivity index (χ0n) is 10.8. The van der Waals surface area contributed by atoms with Gasteiger partial charge in [-0.1, -0.05) is 13.0 Å². The molecule has 0 fully saturated rings. The molecule has 8 heteroatoms. The second-order valence-corrected chi connectivity index (χ2v) is 3.65. The predicted molar refractivity (Wildman–Crippen MR) is 73.4 cm³/mol. The first kappa shape index (κ1) is 19.7. The average Bonchev–Trinajstić information content (AvgIpc) is 2.25. The highest BCUT2D eigenvalue weighted by Gasteiger charge is 2.14. The molecule has 0 heterocycles. The van der Waals surface area contributed by atoms with Gasteiger partial charge in [0.2, 0.25) is 5.91 Å². The molecule has 0 saturated carbocycles. The zero-order valence-corrected chi connectivity index (χ0v) is 11.7. The molecule has 19 heavy (non-hydrogen) atoms. The maximum atomic E-state index is 11.5. The Bertz CT molecular complexity index is 323. The molecule has 0 rings (SSSR count). The van der Waals surface area contributed by atoms with E-state index < -0.39 is 17.9 Å². The SMILES string of the molecule is C=CCNC(=O)NC(=O)CN(CCC)CC(=O)O.Cl. The monoisotopic (exact) mass is 293 g/mol. The van der Waals surface area contributed by atoms with Crippen LogP contribution in [0.15, 0.2) is 12.7 Å². The van der Waals surface area contributed by atoms with Crippen LogP contribution in [0.4, 0.5) is 4.79 Å². The molecule has 0 aromatic heterocycles. The molecular weight excluding hydrogens is 274 g/mol. The number of carboxylic acids is 1. The van der Waals surface area contributed by atoms with Crippen LogP contribution < -0.4 is 10.6 Å². The molecule has 0 aliphatic carbocycles. The lowest BCUT2D eigenvalue weighted by Gasteiger charge is -2.18. The number of hydrogen-bond acceptors (Lipinski definition) is 4. The second-order valence-electron chi connectivity index (χ2n) is 3.65. The molecule has 0 atom stereocenters. The standard InChI is InChI=1S/C11H19N3O4.ClH/c1-3-5-12-11(18)13-9(15)7-14(6-4-2)8-10(16)17;/h3H,1,4-8H2,2H3,(H,16,17)(H2,12,13,15,18);1H. The van der Waals surface area contributed by atoms with E-state index in [4.69, 9.17) is 5.11 Å². The van der Waals surface area contributed by atoms with Crippen molar-refractivity contribution in [3.8, 4) is 0 Å². The molecule has 0 bridgehead atoms. The highest BCUT2D eigenvalue weighted by molar-refractivity contribution is 5.95. The molecule has 0 aromatic carbocycles. The highest BCUT2D eigenvalue weighted by atomic mass is 35.5. The summed E-state index contributed by atoms with van der Waals surface area (Å²) in [5, 5.41) is 13.1. The maximum Gasteiger partial charge on any atom is 0.321 e. The van der Waals surface area contributed by atoms with Crippen molar-refractivity contribution in [1.29, 1.82) is 0 Å². The molecule has 0 aliphatic heterocycles. The van der Waals surface area contributed by atoms with Gasteiger partial charge in [0.15, 0.2) is 0 Å². The Hall–Kier alpha value is -1.60. The third-order valence-corrected chi connectivity index (χ3v) is 1.93. The number of carbonyl (C=O) groups is 3. The van der Waals surface area contributed by atoms with Crippen molar-refractivity contribution in [2.24, 2.45) is 0 Å². The summed E-state index contributed by atoms with van der Waals surface area (Å²) in [6.07, 6.45) is 2.21. The number of rotatable bonds is 8. The molecule has 0 unspecified atom stereocenters. The van der Waals surface area contributed by atoms with E-state index in [1.54, 1.807) is 0 Å². The number of urea groups is 1. The quantitative estimate of drug-likeness (QED) is 0.556. The first-order chi connectivity index (χ1) is 8.49. The van der Waals surface area contributed by atoms with Gasteiger partial charge >= 0.3 is 12.0 Å². The van der Waals surface area contributed by atoms with Gasteiger partial charge in [-0.05, 0) is 13.0 Å². The number of halogens is 1. The molecule has 110 valence electrons. The number of imide groups is 1. The fraction of sp³-hybridized carbons (Fsp3) is 0.545. The van der Waals surface area contributed by atoms with Crippen LogP contribution in [0.3, 0.4) is 0 Å². The van der Waals surface area contributed by atoms with E-state index in [0.717, 1.165) is 6.42 Å². The lowest BCUT2D eigenvalue weighted by Crippen LogP contribution is -2.45. The average molecular weight is 294 g/mol. The van der Waals surface area contributed by atoms with Crippen LogP contribution >= 0.6 is 12.4 Å².